The third kappa shape index (κ3) is 12.9. The first-order valence-corrected chi connectivity index (χ1v) is 12.4. The fraction of sp³-hybridized carbons (Fsp3) is 0.917. The smallest absolute Gasteiger partial charge is 0.222 e. The highest BCUT2D eigenvalue weighted by Gasteiger charge is 2.29. The van der Waals surface area contributed by atoms with Crippen LogP contribution in [0.2, 0.25) is 0 Å². The van der Waals surface area contributed by atoms with E-state index in [0.717, 1.165) is 58.0 Å². The summed E-state index contributed by atoms with van der Waals surface area (Å²) in [5.74, 6) is 0.337. The quantitative estimate of drug-likeness (QED) is 0.315. The lowest BCUT2D eigenvalue weighted by molar-refractivity contribution is -0.133. The molecule has 0 bridgehead atoms. The molecule has 0 aromatic rings. The van der Waals surface area contributed by atoms with Gasteiger partial charge in [-0.05, 0) is 38.6 Å². The van der Waals surface area contributed by atoms with Gasteiger partial charge in [-0.3, -0.25) is 9.59 Å². The molecule has 1 atom stereocenters. The molecule has 0 spiro atoms. The molecule has 2 amide bonds. The molecular weight excluding hydrogens is 362 g/mol. The van der Waals surface area contributed by atoms with Crippen LogP contribution in [-0.4, -0.2) is 42.4 Å². The van der Waals surface area contributed by atoms with Gasteiger partial charge in [0.15, 0.2) is 0 Å². The maximum Gasteiger partial charge on any atom is 0.222 e. The lowest BCUT2D eigenvalue weighted by Gasteiger charge is -2.24. The third-order valence-corrected chi connectivity index (χ3v) is 6.07. The first kappa shape index (κ1) is 25.9. The van der Waals surface area contributed by atoms with E-state index in [9.17, 15) is 9.59 Å². The van der Waals surface area contributed by atoms with E-state index in [1.807, 2.05) is 4.90 Å². The molecular formula is C24H47N3O2. The number of rotatable bonds is 18. The SMILES string of the molecule is CCCCCCCCCCCCC(=O)N1CCCC1CC(=O)NCCCCCN. The molecule has 0 aliphatic carbocycles. The second kappa shape index (κ2) is 17.7. The van der Waals surface area contributed by atoms with Crippen LogP contribution in [0.4, 0.5) is 0 Å². The van der Waals surface area contributed by atoms with Gasteiger partial charge >= 0.3 is 0 Å². The molecule has 1 fully saturated rings. The molecule has 1 unspecified atom stereocenters. The van der Waals surface area contributed by atoms with Crippen LogP contribution < -0.4 is 11.1 Å². The van der Waals surface area contributed by atoms with Gasteiger partial charge < -0.3 is 16.0 Å². The van der Waals surface area contributed by atoms with Crippen LogP contribution in [0.25, 0.3) is 0 Å². The Morgan fingerprint density at radius 1 is 0.897 bits per heavy atom. The van der Waals surface area contributed by atoms with Crippen LogP contribution in [-0.2, 0) is 9.59 Å². The molecule has 0 aromatic heterocycles. The van der Waals surface area contributed by atoms with Crippen molar-refractivity contribution in [1.29, 1.82) is 0 Å². The molecule has 1 saturated heterocycles. The number of carbonyl (C=O) groups excluding carboxylic acids is 2. The summed E-state index contributed by atoms with van der Waals surface area (Å²) >= 11 is 0. The van der Waals surface area contributed by atoms with Gasteiger partial charge in [0.05, 0.1) is 0 Å². The van der Waals surface area contributed by atoms with Crippen molar-refractivity contribution in [2.24, 2.45) is 5.73 Å². The highest BCUT2D eigenvalue weighted by Crippen LogP contribution is 2.22. The molecule has 5 nitrogen and oxygen atoms in total. The molecule has 3 N–H and O–H groups in total. The second-order valence-corrected chi connectivity index (χ2v) is 8.72. The number of carbonyl (C=O) groups is 2. The number of nitrogens with one attached hydrogen (secondary N) is 1. The number of amides is 2. The first-order valence-electron chi connectivity index (χ1n) is 12.4. The van der Waals surface area contributed by atoms with E-state index in [1.54, 1.807) is 0 Å². The predicted octanol–water partition coefficient (Wildman–Crippen LogP) is 4.92. The largest absolute Gasteiger partial charge is 0.356 e. The molecule has 0 saturated carbocycles. The van der Waals surface area contributed by atoms with Crippen molar-refractivity contribution in [2.75, 3.05) is 19.6 Å². The van der Waals surface area contributed by atoms with Crippen LogP contribution in [0.1, 0.15) is 116 Å². The summed E-state index contributed by atoms with van der Waals surface area (Å²) in [6.07, 6.45) is 19.0. The summed E-state index contributed by atoms with van der Waals surface area (Å²) in [5, 5.41) is 3.00. The molecule has 29 heavy (non-hydrogen) atoms. The van der Waals surface area contributed by atoms with Crippen molar-refractivity contribution in [3.63, 3.8) is 0 Å². The summed E-state index contributed by atoms with van der Waals surface area (Å²) in [5.41, 5.74) is 5.48. The fourth-order valence-electron chi connectivity index (χ4n) is 4.24. The maximum atomic E-state index is 12.6. The molecule has 1 heterocycles. The van der Waals surface area contributed by atoms with E-state index in [-0.39, 0.29) is 17.9 Å². The molecule has 0 aromatic carbocycles. The zero-order valence-electron chi connectivity index (χ0n) is 19.1. The molecule has 0 radical (unpaired) electrons. The van der Waals surface area contributed by atoms with Gasteiger partial charge in [0.2, 0.25) is 11.8 Å². The van der Waals surface area contributed by atoms with Gasteiger partial charge in [-0.2, -0.15) is 0 Å². The van der Waals surface area contributed by atoms with E-state index in [2.05, 4.69) is 12.2 Å². The van der Waals surface area contributed by atoms with Gasteiger partial charge in [-0.1, -0.05) is 71.1 Å². The van der Waals surface area contributed by atoms with Crippen molar-refractivity contribution in [3.8, 4) is 0 Å². The van der Waals surface area contributed by atoms with Gasteiger partial charge in [0.25, 0.3) is 0 Å². The highest BCUT2D eigenvalue weighted by atomic mass is 16.2. The van der Waals surface area contributed by atoms with Crippen LogP contribution >= 0.6 is 0 Å². The summed E-state index contributed by atoms with van der Waals surface area (Å²) in [6, 6.07) is 0.106. The topological polar surface area (TPSA) is 75.4 Å². The Hall–Kier alpha value is -1.10. The number of hydrogen-bond donors (Lipinski definition) is 2. The van der Waals surface area contributed by atoms with E-state index < -0.39 is 0 Å². The minimum atomic E-state index is 0.0846. The van der Waals surface area contributed by atoms with Crippen molar-refractivity contribution >= 4 is 11.8 Å². The normalized spacial score (nSPS) is 16.3. The second-order valence-electron chi connectivity index (χ2n) is 8.72. The Kier molecular flexibility index (Phi) is 15.9. The van der Waals surface area contributed by atoms with E-state index >= 15 is 0 Å². The lowest BCUT2D eigenvalue weighted by Crippen LogP contribution is -2.39. The van der Waals surface area contributed by atoms with Gasteiger partial charge in [-0.15, -0.1) is 0 Å². The number of likely N-dealkylation sites (tertiary alicyclic amines) is 1. The third-order valence-electron chi connectivity index (χ3n) is 6.07. The standard InChI is InChI=1S/C24H47N3O2/c1-2-3-4-5-6-7-8-9-10-12-17-24(29)27-20-15-16-22(27)21-23(28)26-19-14-11-13-18-25/h22H,2-21,25H2,1H3,(H,26,28). The zero-order chi connectivity index (χ0) is 21.2. The summed E-state index contributed by atoms with van der Waals surface area (Å²) in [7, 11) is 0. The average molecular weight is 410 g/mol. The Morgan fingerprint density at radius 2 is 1.52 bits per heavy atom. The maximum absolute atomic E-state index is 12.6. The van der Waals surface area contributed by atoms with Gasteiger partial charge in [-0.25, -0.2) is 0 Å². The van der Waals surface area contributed by atoms with Gasteiger partial charge in [0, 0.05) is 32.0 Å². The monoisotopic (exact) mass is 409 g/mol. The number of unbranched alkanes of at least 4 members (excludes halogenated alkanes) is 11. The molecule has 1 aliphatic heterocycles. The van der Waals surface area contributed by atoms with Crippen molar-refractivity contribution < 1.29 is 9.59 Å². The van der Waals surface area contributed by atoms with Crippen LogP contribution in [0, 0.1) is 0 Å². The summed E-state index contributed by atoms with van der Waals surface area (Å²) < 4.78 is 0. The highest BCUT2D eigenvalue weighted by molar-refractivity contribution is 5.80. The van der Waals surface area contributed by atoms with Gasteiger partial charge in [0.1, 0.15) is 0 Å². The number of nitrogens with two attached hydrogens (primary N) is 1. The fourth-order valence-corrected chi connectivity index (χ4v) is 4.24. The molecule has 1 rings (SSSR count). The van der Waals surface area contributed by atoms with Crippen LogP contribution in [0.3, 0.4) is 0 Å². The van der Waals surface area contributed by atoms with Crippen LogP contribution in [0.5, 0.6) is 0 Å². The van der Waals surface area contributed by atoms with Crippen molar-refractivity contribution in [3.05, 3.63) is 0 Å². The minimum absolute atomic E-state index is 0.0846. The average Bonchev–Trinajstić information content (AvgIpc) is 3.17. The Morgan fingerprint density at radius 3 is 2.17 bits per heavy atom. The van der Waals surface area contributed by atoms with E-state index in [0.29, 0.717) is 19.4 Å². The Bertz CT molecular complexity index is 428. The lowest BCUT2D eigenvalue weighted by atomic mass is 10.1. The summed E-state index contributed by atoms with van der Waals surface area (Å²) in [4.78, 5) is 26.7. The minimum Gasteiger partial charge on any atom is -0.356 e. The zero-order valence-corrected chi connectivity index (χ0v) is 19.1. The molecule has 170 valence electrons. The van der Waals surface area contributed by atoms with Crippen molar-refractivity contribution in [2.45, 2.75) is 122 Å². The molecule has 1 aliphatic rings. The van der Waals surface area contributed by atoms with Crippen LogP contribution in [0.15, 0.2) is 0 Å². The Balaban J connectivity index is 2.08. The van der Waals surface area contributed by atoms with E-state index in [1.165, 1.54) is 51.4 Å². The summed E-state index contributed by atoms with van der Waals surface area (Å²) in [6.45, 7) is 4.52. The van der Waals surface area contributed by atoms with E-state index in [4.69, 9.17) is 5.73 Å². The molecule has 5 heteroatoms. The Labute approximate surface area is 179 Å². The van der Waals surface area contributed by atoms with Crippen molar-refractivity contribution in [1.82, 2.24) is 10.2 Å². The number of nitrogens with zero attached hydrogens (tertiary/aromatic N) is 1. The number of hydrogen-bond acceptors (Lipinski definition) is 3. The first-order chi connectivity index (χ1) is 14.2. The predicted molar refractivity (Wildman–Crippen MR) is 122 cm³/mol.